The van der Waals surface area contributed by atoms with Crippen molar-refractivity contribution in [3.05, 3.63) is 69.7 Å². The van der Waals surface area contributed by atoms with Crippen molar-refractivity contribution in [3.8, 4) is 11.5 Å². The van der Waals surface area contributed by atoms with Gasteiger partial charge in [0.2, 0.25) is 5.78 Å². The largest absolute Gasteiger partial charge is 0.505 e. The van der Waals surface area contributed by atoms with Gasteiger partial charge in [0.1, 0.15) is 16.5 Å². The van der Waals surface area contributed by atoms with E-state index in [1.54, 1.807) is 12.1 Å². The number of phenols is 1. The highest BCUT2D eigenvalue weighted by molar-refractivity contribution is 14.1. The predicted molar refractivity (Wildman–Crippen MR) is 156 cm³/mol. The molecule has 172 valence electrons. The number of ketones is 1. The van der Waals surface area contributed by atoms with Gasteiger partial charge in [-0.3, -0.25) is 4.79 Å². The summed E-state index contributed by atoms with van der Waals surface area (Å²) in [6.07, 6.45) is 1.70. The second-order valence-electron chi connectivity index (χ2n) is 6.92. The van der Waals surface area contributed by atoms with E-state index in [2.05, 4.69) is 63.7 Å². The number of hydrogen-bond acceptors (Lipinski definition) is 4. The lowest BCUT2D eigenvalue weighted by Crippen LogP contribution is -2.30. The van der Waals surface area contributed by atoms with Crippen LogP contribution in [0.3, 0.4) is 0 Å². The van der Waals surface area contributed by atoms with Gasteiger partial charge >= 0.3 is 5.97 Å². The Kier molecular flexibility index (Phi) is 7.94. The molecule has 2 aliphatic rings. The van der Waals surface area contributed by atoms with Crippen molar-refractivity contribution in [3.63, 3.8) is 0 Å². The number of allylic oxidation sites excluding steroid dienone is 3. The highest BCUT2D eigenvalue weighted by atomic mass is 127. The normalized spacial score (nSPS) is 19.6. The third kappa shape index (κ3) is 4.27. The number of phenolic OH excluding ortho intramolecular Hbond substituents is 1. The van der Waals surface area contributed by atoms with Crippen molar-refractivity contribution in [2.75, 3.05) is 0 Å². The summed E-state index contributed by atoms with van der Waals surface area (Å²) >= 11 is 30.4. The summed E-state index contributed by atoms with van der Waals surface area (Å²) in [6, 6.07) is 1.54. The van der Waals surface area contributed by atoms with E-state index in [4.69, 9.17) is 27.9 Å². The molecule has 0 amide bonds. The highest BCUT2D eigenvalue weighted by Crippen LogP contribution is 2.57. The molecule has 0 spiro atoms. The van der Waals surface area contributed by atoms with Crippen molar-refractivity contribution >= 4 is 144 Å². The Labute approximate surface area is 258 Å². The molecule has 1 heterocycles. The molecule has 0 bridgehead atoms. The van der Waals surface area contributed by atoms with E-state index in [-0.39, 0.29) is 32.9 Å². The lowest BCUT2D eigenvalue weighted by Gasteiger charge is -2.38. The number of carboxylic acid groups (broad SMARTS) is 1. The van der Waals surface area contributed by atoms with Gasteiger partial charge in [0.25, 0.3) is 0 Å². The quantitative estimate of drug-likeness (QED) is 0.179. The van der Waals surface area contributed by atoms with Gasteiger partial charge in [-0.25, -0.2) is 4.79 Å². The SMILES string of the molecule is O=C1C(I)=CC2C(=C1Cl)Oc1c(cc(Cl)c(O)c1I)C2c1c(Br)c(Br)c(Br)c(Br)c1C(=O)O. The number of fused-ring (bicyclic) bond motifs is 2. The van der Waals surface area contributed by atoms with Crippen LogP contribution in [0.4, 0.5) is 0 Å². The molecule has 0 fully saturated rings. The smallest absolute Gasteiger partial charge is 0.337 e. The fourth-order valence-electron chi connectivity index (χ4n) is 3.77. The minimum Gasteiger partial charge on any atom is -0.505 e. The summed E-state index contributed by atoms with van der Waals surface area (Å²) in [7, 11) is 0. The van der Waals surface area contributed by atoms with E-state index in [1.807, 2.05) is 45.2 Å². The molecule has 2 atom stereocenters. The Morgan fingerprint density at radius 2 is 1.67 bits per heavy atom. The van der Waals surface area contributed by atoms with E-state index in [0.717, 1.165) is 0 Å². The number of rotatable bonds is 2. The first-order valence-electron chi connectivity index (χ1n) is 8.67. The van der Waals surface area contributed by atoms with Gasteiger partial charge in [-0.2, -0.15) is 0 Å². The molecule has 33 heavy (non-hydrogen) atoms. The van der Waals surface area contributed by atoms with E-state index in [1.165, 1.54) is 0 Å². The number of ether oxygens (including phenoxy) is 1. The Morgan fingerprint density at radius 1 is 1.06 bits per heavy atom. The Hall–Kier alpha value is 0.620. The number of carbonyl (C=O) groups is 2. The van der Waals surface area contributed by atoms with Crippen LogP contribution in [0.25, 0.3) is 0 Å². The lowest BCUT2D eigenvalue weighted by atomic mass is 9.74. The topological polar surface area (TPSA) is 83.8 Å². The second kappa shape index (κ2) is 9.82. The number of halogens is 8. The predicted octanol–water partition coefficient (Wildman–Crippen LogP) is 8.89. The number of benzene rings is 2. The molecule has 2 aromatic carbocycles. The van der Waals surface area contributed by atoms with Crippen molar-refractivity contribution < 1.29 is 24.5 Å². The second-order valence-corrected chi connectivity index (χ2v) is 13.1. The highest BCUT2D eigenvalue weighted by Gasteiger charge is 2.45. The summed E-state index contributed by atoms with van der Waals surface area (Å²) in [5.41, 5.74) is 0.956. The Bertz CT molecular complexity index is 1360. The van der Waals surface area contributed by atoms with E-state index in [0.29, 0.717) is 36.2 Å². The lowest BCUT2D eigenvalue weighted by molar-refractivity contribution is -0.111. The third-order valence-electron chi connectivity index (χ3n) is 5.17. The number of Topliss-reactive ketones (excluding diaryl/α,β-unsaturated/α-hetero) is 1. The summed E-state index contributed by atoms with van der Waals surface area (Å²) in [5.74, 6) is -2.60. The van der Waals surface area contributed by atoms with Crippen molar-refractivity contribution in [2.24, 2.45) is 5.92 Å². The minimum atomic E-state index is -1.17. The van der Waals surface area contributed by atoms with E-state index < -0.39 is 23.6 Å². The van der Waals surface area contributed by atoms with Crippen molar-refractivity contribution in [1.29, 1.82) is 0 Å². The van der Waals surface area contributed by atoms with Crippen LogP contribution in [0.5, 0.6) is 11.5 Å². The zero-order valence-electron chi connectivity index (χ0n) is 15.5. The molecular formula is C20H6Br4Cl2I2O5. The fourth-order valence-corrected chi connectivity index (χ4v) is 8.50. The van der Waals surface area contributed by atoms with Crippen LogP contribution in [0.2, 0.25) is 5.02 Å². The first-order chi connectivity index (χ1) is 15.4. The fraction of sp³-hybridized carbons (Fsp3) is 0.100. The van der Waals surface area contributed by atoms with Gasteiger partial charge in [-0.15, -0.1) is 0 Å². The maximum Gasteiger partial charge on any atom is 0.337 e. The van der Waals surface area contributed by atoms with Crippen LogP contribution >= 0.6 is 132 Å². The van der Waals surface area contributed by atoms with E-state index in [9.17, 15) is 19.8 Å². The number of aromatic hydroxyl groups is 1. The maximum absolute atomic E-state index is 12.6. The van der Waals surface area contributed by atoms with E-state index >= 15 is 0 Å². The van der Waals surface area contributed by atoms with Crippen LogP contribution in [0, 0.1) is 9.49 Å². The Balaban J connectivity index is 2.19. The first-order valence-corrected chi connectivity index (χ1v) is 14.8. The molecule has 1 aliphatic heterocycles. The number of hydrogen-bond donors (Lipinski definition) is 2. The molecule has 13 heteroatoms. The molecule has 0 radical (unpaired) electrons. The van der Waals surface area contributed by atoms with Gasteiger partial charge in [0, 0.05) is 35.3 Å². The van der Waals surface area contributed by atoms with Gasteiger partial charge < -0.3 is 14.9 Å². The molecule has 0 saturated heterocycles. The average molecular weight is 971 g/mol. The molecule has 0 saturated carbocycles. The van der Waals surface area contributed by atoms with Gasteiger partial charge in [-0.1, -0.05) is 29.3 Å². The monoisotopic (exact) mass is 965 g/mol. The van der Waals surface area contributed by atoms with Crippen LogP contribution in [0.15, 0.2) is 44.4 Å². The molecule has 2 aromatic rings. The maximum atomic E-state index is 12.6. The molecule has 4 rings (SSSR count). The van der Waals surface area contributed by atoms with Crippen LogP contribution < -0.4 is 4.74 Å². The number of aromatic carboxylic acids is 1. The van der Waals surface area contributed by atoms with Crippen LogP contribution in [-0.4, -0.2) is 22.0 Å². The van der Waals surface area contributed by atoms with Crippen LogP contribution in [-0.2, 0) is 4.79 Å². The molecule has 0 aromatic heterocycles. The number of carboxylic acids is 1. The standard InChI is InChI=1S/C20H6Br4Cl2I2O5/c21-10-8(9(20(31)32)11(22)13(24)12(10)23)7-3-1-5(25)16(29)15(28)19(3)33-18-4(7)2-6(27)17(30)14(18)26/h1-2,4,7,29H,(H,31,32). The molecule has 2 unspecified atom stereocenters. The number of carbonyl (C=O) groups excluding carboxylic acids is 1. The summed E-state index contributed by atoms with van der Waals surface area (Å²) in [4.78, 5) is 25.0. The minimum absolute atomic E-state index is 0.00443. The van der Waals surface area contributed by atoms with Crippen molar-refractivity contribution in [1.82, 2.24) is 0 Å². The average Bonchev–Trinajstić information content (AvgIpc) is 2.76. The van der Waals surface area contributed by atoms with Gasteiger partial charge in [0.05, 0.1) is 17.7 Å². The zero-order chi connectivity index (χ0) is 24.5. The first kappa shape index (κ1) is 26.7. The summed E-state index contributed by atoms with van der Waals surface area (Å²) in [5, 5.41) is 20.6. The third-order valence-corrected chi connectivity index (χ3v) is 12.5. The van der Waals surface area contributed by atoms with Crippen molar-refractivity contribution in [2.45, 2.75) is 5.92 Å². The molecule has 1 aliphatic carbocycles. The summed E-state index contributed by atoms with van der Waals surface area (Å²) < 4.78 is 8.68. The van der Waals surface area contributed by atoms with Gasteiger partial charge in [-0.05, 0) is 121 Å². The molecular weight excluding hydrogens is 965 g/mol. The van der Waals surface area contributed by atoms with Crippen LogP contribution in [0.1, 0.15) is 27.4 Å². The molecule has 5 nitrogen and oxygen atoms in total. The summed E-state index contributed by atoms with van der Waals surface area (Å²) in [6.45, 7) is 0. The molecule has 2 N–H and O–H groups in total. The Morgan fingerprint density at radius 3 is 2.27 bits per heavy atom. The van der Waals surface area contributed by atoms with Gasteiger partial charge in [0.15, 0.2) is 5.75 Å². The zero-order valence-corrected chi connectivity index (χ0v) is 27.6.